The lowest BCUT2D eigenvalue weighted by molar-refractivity contribution is -0.132. The van der Waals surface area contributed by atoms with E-state index in [0.29, 0.717) is 29.4 Å². The van der Waals surface area contributed by atoms with Crippen molar-refractivity contribution in [2.45, 2.75) is 13.5 Å². The largest absolute Gasteiger partial charge is 0.493 e. The molecule has 2 aromatic rings. The summed E-state index contributed by atoms with van der Waals surface area (Å²) in [5.41, 5.74) is 1.83. The first kappa shape index (κ1) is 17.4. The van der Waals surface area contributed by atoms with Gasteiger partial charge in [0.15, 0.2) is 11.5 Å². The number of hydrogen-bond donors (Lipinski definition) is 1. The van der Waals surface area contributed by atoms with Crippen LogP contribution in [0.3, 0.4) is 0 Å². The van der Waals surface area contributed by atoms with Crippen LogP contribution >= 0.6 is 0 Å². The Labute approximate surface area is 141 Å². The van der Waals surface area contributed by atoms with Gasteiger partial charge in [-0.15, -0.1) is 0 Å². The van der Waals surface area contributed by atoms with E-state index < -0.39 is 5.97 Å². The molecule has 1 N–H and O–H groups in total. The second kappa shape index (κ2) is 8.06. The summed E-state index contributed by atoms with van der Waals surface area (Å²) in [5, 5.41) is 9.10. The third-order valence-electron chi connectivity index (χ3n) is 3.46. The molecule has 0 aromatic heterocycles. The van der Waals surface area contributed by atoms with Crippen LogP contribution in [0.1, 0.15) is 18.1 Å². The molecule has 0 saturated carbocycles. The molecule has 0 radical (unpaired) electrons. The number of benzene rings is 2. The van der Waals surface area contributed by atoms with Crippen molar-refractivity contribution < 1.29 is 24.1 Å². The number of rotatable bonds is 7. The Morgan fingerprint density at radius 2 is 1.67 bits per heavy atom. The number of methoxy groups -OCH3 is 2. The van der Waals surface area contributed by atoms with Crippen LogP contribution in [0, 0.1) is 0 Å². The van der Waals surface area contributed by atoms with Crippen LogP contribution in [-0.4, -0.2) is 25.3 Å². The molecule has 0 aliphatic heterocycles. The van der Waals surface area contributed by atoms with Gasteiger partial charge in [0.05, 0.1) is 14.2 Å². The van der Waals surface area contributed by atoms with Crippen LogP contribution in [-0.2, 0) is 11.4 Å². The molecular weight excluding hydrogens is 308 g/mol. The fourth-order valence-corrected chi connectivity index (χ4v) is 2.14. The highest BCUT2D eigenvalue weighted by molar-refractivity contribution is 5.92. The van der Waals surface area contributed by atoms with Crippen molar-refractivity contribution in [1.29, 1.82) is 0 Å². The van der Waals surface area contributed by atoms with E-state index in [1.807, 2.05) is 30.3 Å². The molecule has 2 aromatic carbocycles. The third-order valence-corrected chi connectivity index (χ3v) is 3.46. The highest BCUT2D eigenvalue weighted by atomic mass is 16.5. The second-order valence-corrected chi connectivity index (χ2v) is 5.15. The van der Waals surface area contributed by atoms with Gasteiger partial charge < -0.3 is 19.3 Å². The minimum Gasteiger partial charge on any atom is -0.493 e. The lowest BCUT2D eigenvalue weighted by Crippen LogP contribution is -2.01. The van der Waals surface area contributed by atoms with Crippen molar-refractivity contribution in [3.63, 3.8) is 0 Å². The van der Waals surface area contributed by atoms with Gasteiger partial charge in [-0.1, -0.05) is 30.3 Å². The quantitative estimate of drug-likeness (QED) is 0.784. The van der Waals surface area contributed by atoms with E-state index in [2.05, 4.69) is 0 Å². The van der Waals surface area contributed by atoms with Gasteiger partial charge in [0.2, 0.25) is 0 Å². The van der Waals surface area contributed by atoms with Crippen molar-refractivity contribution in [3.05, 3.63) is 59.2 Å². The molecule has 0 atom stereocenters. The van der Waals surface area contributed by atoms with Crippen LogP contribution in [0.25, 0.3) is 6.08 Å². The number of ether oxygens (including phenoxy) is 3. The normalized spacial score (nSPS) is 11.0. The lowest BCUT2D eigenvalue weighted by Gasteiger charge is -2.14. The lowest BCUT2D eigenvalue weighted by atomic mass is 10.1. The maximum Gasteiger partial charge on any atom is 0.331 e. The molecule has 0 unspecified atom stereocenters. The molecule has 24 heavy (non-hydrogen) atoms. The summed E-state index contributed by atoms with van der Waals surface area (Å²) in [4.78, 5) is 11.1. The summed E-state index contributed by atoms with van der Waals surface area (Å²) >= 11 is 0. The third kappa shape index (κ3) is 4.29. The maximum absolute atomic E-state index is 11.1. The molecule has 2 rings (SSSR count). The minimum atomic E-state index is -0.987. The van der Waals surface area contributed by atoms with Gasteiger partial charge in [0.1, 0.15) is 12.4 Å². The zero-order valence-corrected chi connectivity index (χ0v) is 13.9. The summed E-state index contributed by atoms with van der Waals surface area (Å²) in [6.45, 7) is 1.89. The van der Waals surface area contributed by atoms with Gasteiger partial charge in [-0.25, -0.2) is 4.79 Å². The molecule has 0 aliphatic carbocycles. The van der Waals surface area contributed by atoms with Crippen LogP contribution in [0.15, 0.2) is 48.0 Å². The maximum atomic E-state index is 11.1. The average molecular weight is 328 g/mol. The zero-order chi connectivity index (χ0) is 17.5. The molecule has 0 bridgehead atoms. The summed E-state index contributed by atoms with van der Waals surface area (Å²) < 4.78 is 16.4. The SMILES string of the molecule is COc1cc(/C=C(\C)C(=O)O)c(OCc2ccccc2)cc1OC. The molecule has 0 amide bonds. The fourth-order valence-electron chi connectivity index (χ4n) is 2.14. The molecule has 126 valence electrons. The van der Waals surface area contributed by atoms with Gasteiger partial charge in [-0.05, 0) is 24.6 Å². The van der Waals surface area contributed by atoms with E-state index in [9.17, 15) is 4.79 Å². The summed E-state index contributed by atoms with van der Waals surface area (Å²) in [7, 11) is 3.07. The van der Waals surface area contributed by atoms with Crippen LogP contribution in [0.5, 0.6) is 17.2 Å². The minimum absolute atomic E-state index is 0.201. The summed E-state index contributed by atoms with van der Waals surface area (Å²) in [5.74, 6) is 0.565. The van der Waals surface area contributed by atoms with E-state index in [-0.39, 0.29) is 5.57 Å². The highest BCUT2D eigenvalue weighted by Gasteiger charge is 2.13. The zero-order valence-electron chi connectivity index (χ0n) is 13.9. The van der Waals surface area contributed by atoms with Crippen molar-refractivity contribution in [1.82, 2.24) is 0 Å². The predicted molar refractivity (Wildman–Crippen MR) is 91.6 cm³/mol. The van der Waals surface area contributed by atoms with Crippen LogP contribution in [0.2, 0.25) is 0 Å². The standard InChI is InChI=1S/C19H20O5/c1-13(19(20)21)9-15-10-17(22-2)18(23-3)11-16(15)24-12-14-7-5-4-6-8-14/h4-11H,12H2,1-3H3,(H,20,21)/b13-9+. The van der Waals surface area contributed by atoms with Crippen LogP contribution in [0.4, 0.5) is 0 Å². The molecule has 0 spiro atoms. The molecular formula is C19H20O5. The number of carboxylic acid groups (broad SMARTS) is 1. The fraction of sp³-hybridized carbons (Fsp3) is 0.211. The Hall–Kier alpha value is -2.95. The van der Waals surface area contributed by atoms with Crippen molar-refractivity contribution in [2.75, 3.05) is 14.2 Å². The van der Waals surface area contributed by atoms with Gasteiger partial charge >= 0.3 is 5.97 Å². The Balaban J connectivity index is 2.38. The molecule has 0 heterocycles. The first-order valence-corrected chi connectivity index (χ1v) is 7.39. The van der Waals surface area contributed by atoms with Crippen LogP contribution < -0.4 is 14.2 Å². The number of hydrogen-bond acceptors (Lipinski definition) is 4. The van der Waals surface area contributed by atoms with E-state index in [1.54, 1.807) is 18.2 Å². The first-order chi connectivity index (χ1) is 11.5. The number of carboxylic acids is 1. The van der Waals surface area contributed by atoms with Gasteiger partial charge in [0.25, 0.3) is 0 Å². The molecule has 0 aliphatic rings. The molecule has 5 heteroatoms. The smallest absolute Gasteiger partial charge is 0.331 e. The number of carbonyl (C=O) groups is 1. The van der Waals surface area contributed by atoms with E-state index in [4.69, 9.17) is 19.3 Å². The Bertz CT molecular complexity index is 735. The number of aliphatic carboxylic acids is 1. The topological polar surface area (TPSA) is 65.0 Å². The van der Waals surface area contributed by atoms with Gasteiger partial charge in [-0.3, -0.25) is 0 Å². The Kier molecular flexibility index (Phi) is 5.84. The van der Waals surface area contributed by atoms with E-state index in [1.165, 1.54) is 21.1 Å². The highest BCUT2D eigenvalue weighted by Crippen LogP contribution is 2.36. The molecule has 5 nitrogen and oxygen atoms in total. The van der Waals surface area contributed by atoms with Gasteiger partial charge in [0, 0.05) is 17.2 Å². The summed E-state index contributed by atoms with van der Waals surface area (Å²) in [6, 6.07) is 13.1. The Morgan fingerprint density at radius 1 is 1.04 bits per heavy atom. The second-order valence-electron chi connectivity index (χ2n) is 5.15. The first-order valence-electron chi connectivity index (χ1n) is 7.39. The summed E-state index contributed by atoms with van der Waals surface area (Å²) in [6.07, 6.45) is 1.55. The Morgan fingerprint density at radius 3 is 2.25 bits per heavy atom. The average Bonchev–Trinajstić information content (AvgIpc) is 2.60. The molecule has 0 fully saturated rings. The molecule has 0 saturated heterocycles. The van der Waals surface area contributed by atoms with E-state index in [0.717, 1.165) is 5.56 Å². The van der Waals surface area contributed by atoms with Crippen molar-refractivity contribution in [3.8, 4) is 17.2 Å². The van der Waals surface area contributed by atoms with Gasteiger partial charge in [-0.2, -0.15) is 0 Å². The van der Waals surface area contributed by atoms with Crippen molar-refractivity contribution >= 4 is 12.0 Å². The monoisotopic (exact) mass is 328 g/mol. The van der Waals surface area contributed by atoms with E-state index >= 15 is 0 Å². The predicted octanol–water partition coefficient (Wildman–Crippen LogP) is 3.77. The van der Waals surface area contributed by atoms with Crippen molar-refractivity contribution in [2.24, 2.45) is 0 Å².